The van der Waals surface area contributed by atoms with Crippen molar-refractivity contribution in [3.8, 4) is 17.2 Å². The van der Waals surface area contributed by atoms with E-state index in [0.717, 1.165) is 0 Å². The predicted molar refractivity (Wildman–Crippen MR) is 50.6 cm³/mol. The van der Waals surface area contributed by atoms with Crippen LogP contribution in [0.15, 0.2) is 10.5 Å². The van der Waals surface area contributed by atoms with Crippen molar-refractivity contribution in [2.75, 3.05) is 0 Å². The van der Waals surface area contributed by atoms with Gasteiger partial charge in [0.05, 0.1) is 5.56 Å². The third kappa shape index (κ3) is 1.81. The molecule has 0 bridgehead atoms. The van der Waals surface area contributed by atoms with Gasteiger partial charge in [0, 0.05) is 16.2 Å². The summed E-state index contributed by atoms with van der Waals surface area (Å²) in [7, 11) is 0. The van der Waals surface area contributed by atoms with Crippen LogP contribution in [0, 0.1) is 0 Å². The number of benzene rings is 1. The number of fused-ring (bicyclic) bond motifs is 1. The number of nitrogens with one attached hydrogen (secondary N) is 1. The molecule has 0 saturated carbocycles. The van der Waals surface area contributed by atoms with E-state index in [1.54, 1.807) is 0 Å². The SMILES string of the molecule is O=Cc1c(Br)cc2c(c1OC(F)F)ONO2. The molecule has 1 N–H and O–H groups in total. The lowest BCUT2D eigenvalue weighted by Gasteiger charge is -2.10. The van der Waals surface area contributed by atoms with Crippen molar-refractivity contribution < 1.29 is 28.0 Å². The molecule has 1 aliphatic heterocycles. The van der Waals surface area contributed by atoms with Gasteiger partial charge < -0.3 is 14.4 Å². The van der Waals surface area contributed by atoms with E-state index in [1.165, 1.54) is 6.07 Å². The number of carbonyl (C=O) groups is 1. The van der Waals surface area contributed by atoms with Crippen LogP contribution < -0.4 is 20.1 Å². The van der Waals surface area contributed by atoms with Gasteiger partial charge in [-0.05, 0) is 15.9 Å². The molecule has 16 heavy (non-hydrogen) atoms. The van der Waals surface area contributed by atoms with Gasteiger partial charge in [0.15, 0.2) is 12.0 Å². The summed E-state index contributed by atoms with van der Waals surface area (Å²) < 4.78 is 28.8. The topological polar surface area (TPSA) is 56.8 Å². The summed E-state index contributed by atoms with van der Waals surface area (Å²) in [6.07, 6.45) is 0.379. The average molecular weight is 296 g/mol. The van der Waals surface area contributed by atoms with Gasteiger partial charge in [0.1, 0.15) is 0 Å². The van der Waals surface area contributed by atoms with E-state index in [-0.39, 0.29) is 27.3 Å². The normalized spacial score (nSPS) is 13.0. The lowest BCUT2D eigenvalue weighted by atomic mass is 10.2. The highest BCUT2D eigenvalue weighted by atomic mass is 79.9. The molecule has 2 rings (SSSR count). The lowest BCUT2D eigenvalue weighted by molar-refractivity contribution is -0.0534. The minimum atomic E-state index is -3.07. The lowest BCUT2D eigenvalue weighted by Crippen LogP contribution is -2.14. The Morgan fingerprint density at radius 2 is 2.25 bits per heavy atom. The second-order valence-electron chi connectivity index (χ2n) is 2.71. The van der Waals surface area contributed by atoms with Crippen LogP contribution in [0.25, 0.3) is 0 Å². The Balaban J connectivity index is 2.57. The summed E-state index contributed by atoms with van der Waals surface area (Å²) in [6, 6.07) is 1.40. The second kappa shape index (κ2) is 4.22. The second-order valence-corrected chi connectivity index (χ2v) is 3.57. The molecule has 0 unspecified atom stereocenters. The van der Waals surface area contributed by atoms with Gasteiger partial charge in [0.2, 0.25) is 11.5 Å². The molecule has 1 aromatic carbocycles. The van der Waals surface area contributed by atoms with Crippen LogP contribution in [0.4, 0.5) is 8.78 Å². The predicted octanol–water partition coefficient (Wildman–Crippen LogP) is 2.05. The van der Waals surface area contributed by atoms with Crippen LogP contribution in [0.5, 0.6) is 17.2 Å². The highest BCUT2D eigenvalue weighted by molar-refractivity contribution is 9.10. The molecule has 0 spiro atoms. The summed E-state index contributed by atoms with van der Waals surface area (Å²) in [5.74, 6) is -0.321. The molecule has 0 fully saturated rings. The van der Waals surface area contributed by atoms with Crippen molar-refractivity contribution in [3.63, 3.8) is 0 Å². The van der Waals surface area contributed by atoms with Crippen LogP contribution >= 0.6 is 15.9 Å². The van der Waals surface area contributed by atoms with E-state index in [9.17, 15) is 13.6 Å². The fourth-order valence-corrected chi connectivity index (χ4v) is 1.68. The molecule has 86 valence electrons. The Morgan fingerprint density at radius 1 is 1.50 bits per heavy atom. The van der Waals surface area contributed by atoms with Gasteiger partial charge in [-0.3, -0.25) is 4.79 Å². The molecule has 1 heterocycles. The molecule has 0 aliphatic carbocycles. The zero-order valence-electron chi connectivity index (χ0n) is 7.50. The van der Waals surface area contributed by atoms with E-state index in [4.69, 9.17) is 9.68 Å². The molecular weight excluding hydrogens is 292 g/mol. The number of carbonyl (C=O) groups excluding carboxylic acids is 1. The molecule has 0 amide bonds. The number of ether oxygens (including phenoxy) is 1. The smallest absolute Gasteiger partial charge is 0.387 e. The Hall–Kier alpha value is -1.41. The van der Waals surface area contributed by atoms with Gasteiger partial charge >= 0.3 is 6.61 Å². The Kier molecular flexibility index (Phi) is 2.92. The highest BCUT2D eigenvalue weighted by Gasteiger charge is 2.27. The third-order valence-corrected chi connectivity index (χ3v) is 2.47. The number of rotatable bonds is 3. The first-order valence-corrected chi connectivity index (χ1v) is 4.78. The Bertz CT molecular complexity index is 441. The van der Waals surface area contributed by atoms with E-state index >= 15 is 0 Å². The van der Waals surface area contributed by atoms with Crippen molar-refractivity contribution >= 4 is 22.2 Å². The van der Waals surface area contributed by atoms with E-state index in [2.05, 4.69) is 20.7 Å². The average Bonchev–Trinajstić information content (AvgIpc) is 2.64. The summed E-state index contributed by atoms with van der Waals surface area (Å²) in [6.45, 7) is -3.07. The Labute approximate surface area is 96.3 Å². The minimum Gasteiger partial charge on any atom is -0.430 e. The van der Waals surface area contributed by atoms with E-state index < -0.39 is 6.61 Å². The summed E-state index contributed by atoms with van der Waals surface area (Å²) in [4.78, 5) is 20.2. The van der Waals surface area contributed by atoms with E-state index in [1.807, 2.05) is 5.64 Å². The fraction of sp³-hybridized carbons (Fsp3) is 0.125. The molecular formula is C8H4BrF2NO4. The maximum absolute atomic E-state index is 12.2. The number of aldehydes is 1. The first-order valence-electron chi connectivity index (χ1n) is 3.98. The third-order valence-electron chi connectivity index (χ3n) is 1.81. The van der Waals surface area contributed by atoms with Gasteiger partial charge in [-0.1, -0.05) is 0 Å². The van der Waals surface area contributed by atoms with Crippen LogP contribution in [-0.4, -0.2) is 12.9 Å². The van der Waals surface area contributed by atoms with Gasteiger partial charge in [-0.15, -0.1) is 0 Å². The van der Waals surface area contributed by atoms with E-state index in [0.29, 0.717) is 6.29 Å². The summed E-state index contributed by atoms with van der Waals surface area (Å²) in [5.41, 5.74) is 1.94. The van der Waals surface area contributed by atoms with Crippen molar-refractivity contribution in [2.45, 2.75) is 6.61 Å². The quantitative estimate of drug-likeness (QED) is 0.865. The number of alkyl halides is 2. The first-order chi connectivity index (χ1) is 7.63. The summed E-state index contributed by atoms with van der Waals surface area (Å²) >= 11 is 3.03. The minimum absolute atomic E-state index is 0.0775. The maximum atomic E-state index is 12.2. The van der Waals surface area contributed by atoms with Crippen LogP contribution in [0.3, 0.4) is 0 Å². The molecule has 0 atom stereocenters. The van der Waals surface area contributed by atoms with Gasteiger partial charge in [-0.25, -0.2) is 0 Å². The largest absolute Gasteiger partial charge is 0.430 e. The van der Waals surface area contributed by atoms with Crippen LogP contribution in [0.1, 0.15) is 10.4 Å². The molecule has 1 aliphatic rings. The number of halogens is 3. The molecule has 5 nitrogen and oxygen atoms in total. The highest BCUT2D eigenvalue weighted by Crippen LogP contribution is 2.45. The molecule has 0 radical (unpaired) electrons. The van der Waals surface area contributed by atoms with Gasteiger partial charge in [0.25, 0.3) is 0 Å². The maximum Gasteiger partial charge on any atom is 0.387 e. The van der Waals surface area contributed by atoms with Crippen LogP contribution in [0.2, 0.25) is 0 Å². The van der Waals surface area contributed by atoms with Crippen molar-refractivity contribution in [1.82, 2.24) is 5.64 Å². The number of hydrogen-bond donors (Lipinski definition) is 1. The first kappa shape index (κ1) is 11.1. The fourth-order valence-electron chi connectivity index (χ4n) is 1.20. The zero-order chi connectivity index (χ0) is 11.7. The van der Waals surface area contributed by atoms with Crippen molar-refractivity contribution in [2.24, 2.45) is 0 Å². The Morgan fingerprint density at radius 3 is 2.88 bits per heavy atom. The number of hydrogen-bond acceptors (Lipinski definition) is 5. The molecule has 0 saturated heterocycles. The van der Waals surface area contributed by atoms with Gasteiger partial charge in [-0.2, -0.15) is 8.78 Å². The standard InChI is InChI=1S/C8H4BrF2NO4/c9-4-1-5-7(16-12-15-5)6(3(4)2-13)14-8(10)11/h1-2,8,12H. The molecule has 8 heteroatoms. The van der Waals surface area contributed by atoms with Crippen molar-refractivity contribution in [1.29, 1.82) is 0 Å². The molecule has 1 aromatic rings. The van der Waals surface area contributed by atoms with Crippen LogP contribution in [-0.2, 0) is 0 Å². The zero-order valence-corrected chi connectivity index (χ0v) is 9.08. The summed E-state index contributed by atoms with van der Waals surface area (Å²) in [5, 5.41) is 0. The monoisotopic (exact) mass is 295 g/mol. The van der Waals surface area contributed by atoms with Crippen molar-refractivity contribution in [3.05, 3.63) is 16.1 Å². The molecule has 0 aromatic heterocycles.